The van der Waals surface area contributed by atoms with Crippen molar-refractivity contribution in [1.82, 2.24) is 0 Å². The van der Waals surface area contributed by atoms with Crippen molar-refractivity contribution in [2.24, 2.45) is 11.8 Å². The Morgan fingerprint density at radius 1 is 1.17 bits per heavy atom. The van der Waals surface area contributed by atoms with Gasteiger partial charge in [-0.1, -0.05) is 17.7 Å². The molecule has 4 heteroatoms. The Labute approximate surface area is 148 Å². The number of carbonyl (C=O) groups excluding carboxylic acids is 1. The molecule has 1 aliphatic carbocycles. The van der Waals surface area contributed by atoms with Crippen LogP contribution in [0.4, 0.5) is 0 Å². The quantitative estimate of drug-likeness (QED) is 0.651. The van der Waals surface area contributed by atoms with E-state index in [4.69, 9.17) is 21.1 Å². The van der Waals surface area contributed by atoms with Crippen LogP contribution < -0.4 is 0 Å². The van der Waals surface area contributed by atoms with Gasteiger partial charge in [-0.3, -0.25) is 4.79 Å². The largest absolute Gasteiger partial charge is 0.452 e. The van der Waals surface area contributed by atoms with E-state index in [0.29, 0.717) is 17.2 Å². The van der Waals surface area contributed by atoms with E-state index in [1.54, 1.807) is 12.5 Å². The first kappa shape index (κ1) is 17.1. The van der Waals surface area contributed by atoms with E-state index in [1.165, 1.54) is 0 Å². The lowest BCUT2D eigenvalue weighted by Gasteiger charge is -2.39. The molecule has 0 saturated heterocycles. The number of hydrogen-bond acceptors (Lipinski definition) is 3. The van der Waals surface area contributed by atoms with Gasteiger partial charge in [0.15, 0.2) is 0 Å². The van der Waals surface area contributed by atoms with Gasteiger partial charge in [0.05, 0.1) is 0 Å². The Kier molecular flexibility index (Phi) is 5.30. The highest BCUT2D eigenvalue weighted by atomic mass is 35.5. The Bertz CT molecular complexity index is 604. The molecule has 0 aromatic heterocycles. The fourth-order valence-electron chi connectivity index (χ4n) is 3.78. The van der Waals surface area contributed by atoms with Crippen LogP contribution in [0.25, 0.3) is 0 Å². The van der Waals surface area contributed by atoms with Crippen molar-refractivity contribution < 1.29 is 14.3 Å². The second kappa shape index (κ2) is 7.43. The zero-order chi connectivity index (χ0) is 17.0. The molecule has 0 radical (unpaired) electrons. The summed E-state index contributed by atoms with van der Waals surface area (Å²) >= 11 is 6.00. The summed E-state index contributed by atoms with van der Waals surface area (Å²) in [5.74, 6) is -0.0325. The minimum absolute atomic E-state index is 0.165. The van der Waals surface area contributed by atoms with Crippen LogP contribution >= 0.6 is 11.6 Å². The molecule has 1 aromatic carbocycles. The zero-order valence-electron chi connectivity index (χ0n) is 13.7. The van der Waals surface area contributed by atoms with Crippen molar-refractivity contribution in [2.75, 3.05) is 0 Å². The fraction of sp³-hybridized carbons (Fsp3) is 0.450. The third-order valence-corrected chi connectivity index (χ3v) is 5.36. The van der Waals surface area contributed by atoms with Crippen molar-refractivity contribution in [2.45, 2.75) is 44.3 Å². The number of allylic oxidation sites excluding steroid dienone is 1. The minimum atomic E-state index is -0.778. The second-order valence-corrected chi connectivity index (χ2v) is 6.96. The molecule has 3 rings (SSSR count). The van der Waals surface area contributed by atoms with Gasteiger partial charge < -0.3 is 9.47 Å². The van der Waals surface area contributed by atoms with Gasteiger partial charge in [-0.05, 0) is 56.4 Å². The predicted octanol–water partition coefficient (Wildman–Crippen LogP) is 5.35. The van der Waals surface area contributed by atoms with Crippen LogP contribution in [-0.2, 0) is 20.1 Å². The number of ketones is 1. The van der Waals surface area contributed by atoms with Gasteiger partial charge >= 0.3 is 0 Å². The van der Waals surface area contributed by atoms with Crippen molar-refractivity contribution >= 4 is 17.4 Å². The summed E-state index contributed by atoms with van der Waals surface area (Å²) in [6.07, 6.45) is 10.0. The Hall–Kier alpha value is -1.74. The van der Waals surface area contributed by atoms with Crippen molar-refractivity contribution in [3.8, 4) is 0 Å². The molecule has 0 spiro atoms. The molecule has 0 bridgehead atoms. The van der Waals surface area contributed by atoms with Crippen molar-refractivity contribution in [3.05, 3.63) is 60.0 Å². The van der Waals surface area contributed by atoms with E-state index in [1.807, 2.05) is 30.3 Å². The van der Waals surface area contributed by atoms with Crippen molar-refractivity contribution in [3.63, 3.8) is 0 Å². The van der Waals surface area contributed by atoms with Crippen LogP contribution in [0.5, 0.6) is 0 Å². The molecule has 128 valence electrons. The molecule has 1 aromatic rings. The molecule has 3 nitrogen and oxygen atoms in total. The third kappa shape index (κ3) is 3.36. The van der Waals surface area contributed by atoms with E-state index < -0.39 is 5.79 Å². The van der Waals surface area contributed by atoms with Crippen LogP contribution in [0.1, 0.15) is 44.1 Å². The highest BCUT2D eigenvalue weighted by Crippen LogP contribution is 2.47. The lowest BCUT2D eigenvalue weighted by atomic mass is 9.74. The summed E-state index contributed by atoms with van der Waals surface area (Å²) < 4.78 is 11.8. The molecule has 1 aliphatic heterocycles. The first-order chi connectivity index (χ1) is 11.7. The normalized spacial score (nSPS) is 24.9. The predicted molar refractivity (Wildman–Crippen MR) is 94.3 cm³/mol. The molecule has 1 heterocycles. The second-order valence-electron chi connectivity index (χ2n) is 6.52. The topological polar surface area (TPSA) is 35.5 Å². The molecule has 2 aliphatic rings. The maximum Gasteiger partial charge on any atom is 0.279 e. The lowest BCUT2D eigenvalue weighted by Crippen LogP contribution is -2.39. The van der Waals surface area contributed by atoms with Gasteiger partial charge in [-0.15, -0.1) is 6.58 Å². The summed E-state index contributed by atoms with van der Waals surface area (Å²) in [4.78, 5) is 12.2. The summed E-state index contributed by atoms with van der Waals surface area (Å²) in [5.41, 5.74) is 0.971. The van der Waals surface area contributed by atoms with E-state index in [9.17, 15) is 4.79 Å². The number of Topliss-reactive ketones (excluding diaryl/α,β-unsaturated/α-hetero) is 1. The third-order valence-electron chi connectivity index (χ3n) is 5.10. The van der Waals surface area contributed by atoms with Gasteiger partial charge in [0.1, 0.15) is 18.3 Å². The molecule has 0 atom stereocenters. The van der Waals surface area contributed by atoms with Crippen LogP contribution in [0.2, 0.25) is 5.02 Å². The molecule has 0 N–H and O–H groups in total. The van der Waals surface area contributed by atoms with E-state index in [2.05, 4.69) is 6.58 Å². The average molecular weight is 347 g/mol. The van der Waals surface area contributed by atoms with Gasteiger partial charge in [0.25, 0.3) is 5.79 Å². The van der Waals surface area contributed by atoms with E-state index in [0.717, 1.165) is 37.7 Å². The number of benzene rings is 1. The fourth-order valence-corrected chi connectivity index (χ4v) is 3.90. The van der Waals surface area contributed by atoms with Crippen LogP contribution in [0.3, 0.4) is 0 Å². The first-order valence-electron chi connectivity index (χ1n) is 8.56. The molecule has 1 fully saturated rings. The van der Waals surface area contributed by atoms with Gasteiger partial charge in [0, 0.05) is 28.8 Å². The Morgan fingerprint density at radius 3 is 2.38 bits per heavy atom. The Balaban J connectivity index is 1.69. The highest BCUT2D eigenvalue weighted by Gasteiger charge is 2.47. The highest BCUT2D eigenvalue weighted by molar-refractivity contribution is 6.30. The van der Waals surface area contributed by atoms with Gasteiger partial charge in [0.2, 0.25) is 0 Å². The average Bonchev–Trinajstić information content (AvgIpc) is 3.11. The zero-order valence-corrected chi connectivity index (χ0v) is 14.5. The lowest BCUT2D eigenvalue weighted by molar-refractivity contribution is -0.200. The number of carbonyl (C=O) groups is 1. The standard InChI is InChI=1S/C20H23ClO3/c1-2-3-4-19(22)15-5-7-16(8-6-15)20(23-13-14-24-20)17-9-11-18(21)12-10-17/h2,9-16H,1,3-8H2. The van der Waals surface area contributed by atoms with Crippen LogP contribution in [-0.4, -0.2) is 5.78 Å². The monoisotopic (exact) mass is 346 g/mol. The van der Waals surface area contributed by atoms with Gasteiger partial charge in [-0.25, -0.2) is 0 Å². The summed E-state index contributed by atoms with van der Waals surface area (Å²) in [6.45, 7) is 3.69. The van der Waals surface area contributed by atoms with Crippen molar-refractivity contribution in [1.29, 1.82) is 0 Å². The Morgan fingerprint density at radius 2 is 1.79 bits per heavy atom. The van der Waals surface area contributed by atoms with Crippen LogP contribution in [0.15, 0.2) is 49.4 Å². The van der Waals surface area contributed by atoms with E-state index >= 15 is 0 Å². The molecular weight excluding hydrogens is 324 g/mol. The number of ether oxygens (including phenoxy) is 2. The summed E-state index contributed by atoms with van der Waals surface area (Å²) in [7, 11) is 0. The first-order valence-corrected chi connectivity index (χ1v) is 8.94. The summed E-state index contributed by atoms with van der Waals surface area (Å²) in [5, 5.41) is 0.691. The molecule has 0 unspecified atom stereocenters. The number of rotatable bonds is 6. The summed E-state index contributed by atoms with van der Waals surface area (Å²) in [6, 6.07) is 7.62. The maximum absolute atomic E-state index is 12.2. The van der Waals surface area contributed by atoms with Gasteiger partial charge in [-0.2, -0.15) is 0 Å². The molecular formula is C20H23ClO3. The smallest absolute Gasteiger partial charge is 0.279 e. The molecule has 0 amide bonds. The number of hydrogen-bond donors (Lipinski definition) is 0. The molecule has 24 heavy (non-hydrogen) atoms. The SMILES string of the molecule is C=CCCC(=O)C1CCC(C2(c3ccc(Cl)cc3)OC=CO2)CC1. The molecule has 1 saturated carbocycles. The van der Waals surface area contributed by atoms with E-state index in [-0.39, 0.29) is 11.8 Å². The van der Waals surface area contributed by atoms with Crippen LogP contribution in [0, 0.1) is 11.8 Å². The number of halogens is 1. The maximum atomic E-state index is 12.2. The minimum Gasteiger partial charge on any atom is -0.452 e.